The van der Waals surface area contributed by atoms with Crippen LogP contribution in [0.15, 0.2) is 42.6 Å². The van der Waals surface area contributed by atoms with Gasteiger partial charge in [-0.15, -0.1) is 0 Å². The van der Waals surface area contributed by atoms with Gasteiger partial charge in [0.25, 0.3) is 5.91 Å². The Bertz CT molecular complexity index is 931. The smallest absolute Gasteiger partial charge is 0.253 e. The maximum Gasteiger partial charge on any atom is 0.253 e. The van der Waals surface area contributed by atoms with Gasteiger partial charge >= 0.3 is 0 Å². The Balaban J connectivity index is 1.62. The number of hydrogen-bond acceptors (Lipinski definition) is 4. The van der Waals surface area contributed by atoms with Gasteiger partial charge in [0.1, 0.15) is 6.07 Å². The molecule has 6 heteroatoms. The van der Waals surface area contributed by atoms with Gasteiger partial charge in [-0.3, -0.25) is 14.6 Å². The molecule has 0 radical (unpaired) electrons. The summed E-state index contributed by atoms with van der Waals surface area (Å²) in [4.78, 5) is 31.1. The zero-order valence-corrected chi connectivity index (χ0v) is 17.1. The minimum absolute atomic E-state index is 0.0151. The van der Waals surface area contributed by atoms with E-state index in [-0.39, 0.29) is 17.9 Å². The molecule has 1 saturated heterocycles. The second-order valence-corrected chi connectivity index (χ2v) is 8.38. The fourth-order valence-corrected chi connectivity index (χ4v) is 3.31. The summed E-state index contributed by atoms with van der Waals surface area (Å²) in [5, 5.41) is 12.3. The molecule has 1 aliphatic rings. The van der Waals surface area contributed by atoms with E-state index in [1.165, 1.54) is 0 Å². The fourth-order valence-electron chi connectivity index (χ4n) is 3.31. The molecule has 0 bridgehead atoms. The van der Waals surface area contributed by atoms with Crippen molar-refractivity contribution in [3.8, 4) is 17.3 Å². The van der Waals surface area contributed by atoms with E-state index in [9.17, 15) is 14.9 Å². The van der Waals surface area contributed by atoms with Crippen LogP contribution >= 0.6 is 0 Å². The summed E-state index contributed by atoms with van der Waals surface area (Å²) >= 11 is 0. The predicted octanol–water partition coefficient (Wildman–Crippen LogP) is 3.39. The minimum atomic E-state index is -0.409. The quantitative estimate of drug-likeness (QED) is 0.870. The molecule has 0 aliphatic carbocycles. The van der Waals surface area contributed by atoms with Crippen molar-refractivity contribution in [3.63, 3.8) is 0 Å². The Morgan fingerprint density at radius 3 is 2.38 bits per heavy atom. The number of carbonyl (C=O) groups is 2. The Kier molecular flexibility index (Phi) is 5.97. The Morgan fingerprint density at radius 2 is 1.79 bits per heavy atom. The summed E-state index contributed by atoms with van der Waals surface area (Å²) in [5.41, 5.74) is 2.13. The number of nitriles is 1. The lowest BCUT2D eigenvalue weighted by atomic mass is 9.94. The third kappa shape index (κ3) is 4.80. The first-order valence-electron chi connectivity index (χ1n) is 9.85. The largest absolute Gasteiger partial charge is 0.353 e. The van der Waals surface area contributed by atoms with Crippen LogP contribution < -0.4 is 5.32 Å². The molecule has 1 N–H and O–H groups in total. The van der Waals surface area contributed by atoms with Crippen LogP contribution in [-0.4, -0.2) is 40.8 Å². The molecule has 2 amide bonds. The molecule has 3 rings (SSSR count). The molecule has 1 aromatic heterocycles. The standard InChI is InChI=1S/C23H26N4O2/c1-23(2,3)22(29)26-19-10-13-27(14-11-19)21(28)17-8-6-16(7-9-17)20-18(15-24)5-4-12-25-20/h4-9,12,19H,10-11,13-14H2,1-3H3,(H,26,29). The number of aromatic nitrogens is 1. The van der Waals surface area contributed by atoms with Crippen LogP contribution in [0.2, 0.25) is 0 Å². The van der Waals surface area contributed by atoms with E-state index in [0.717, 1.165) is 18.4 Å². The highest BCUT2D eigenvalue weighted by molar-refractivity contribution is 5.94. The molecule has 0 saturated carbocycles. The SMILES string of the molecule is CC(C)(C)C(=O)NC1CCN(C(=O)c2ccc(-c3ncccc3C#N)cc2)CC1. The van der Waals surface area contributed by atoms with Crippen LogP contribution in [0, 0.1) is 16.7 Å². The van der Waals surface area contributed by atoms with Gasteiger partial charge in [0.2, 0.25) is 5.91 Å². The normalized spacial score (nSPS) is 14.9. The molecule has 6 nitrogen and oxygen atoms in total. The van der Waals surface area contributed by atoms with E-state index in [4.69, 9.17) is 0 Å². The van der Waals surface area contributed by atoms with Gasteiger partial charge in [0.05, 0.1) is 11.3 Å². The topological polar surface area (TPSA) is 86.1 Å². The number of hydrogen-bond donors (Lipinski definition) is 1. The van der Waals surface area contributed by atoms with Gasteiger partial charge < -0.3 is 10.2 Å². The van der Waals surface area contributed by atoms with Crippen LogP contribution in [0.5, 0.6) is 0 Å². The molecule has 150 valence electrons. The molecule has 0 unspecified atom stereocenters. The third-order valence-electron chi connectivity index (χ3n) is 5.13. The maximum absolute atomic E-state index is 12.8. The number of pyridine rings is 1. The van der Waals surface area contributed by atoms with E-state index in [0.29, 0.717) is 29.9 Å². The highest BCUT2D eigenvalue weighted by Gasteiger charge is 2.28. The van der Waals surface area contributed by atoms with Crippen LogP contribution in [-0.2, 0) is 4.79 Å². The average molecular weight is 390 g/mol. The van der Waals surface area contributed by atoms with Gasteiger partial charge in [-0.05, 0) is 37.1 Å². The lowest BCUT2D eigenvalue weighted by Gasteiger charge is -2.33. The van der Waals surface area contributed by atoms with Crippen molar-refractivity contribution in [1.82, 2.24) is 15.2 Å². The molecule has 29 heavy (non-hydrogen) atoms. The fraction of sp³-hybridized carbons (Fsp3) is 0.391. The number of nitrogens with zero attached hydrogens (tertiary/aromatic N) is 3. The van der Waals surface area contributed by atoms with E-state index >= 15 is 0 Å². The highest BCUT2D eigenvalue weighted by Crippen LogP contribution is 2.22. The van der Waals surface area contributed by atoms with Crippen molar-refractivity contribution in [3.05, 3.63) is 53.7 Å². The summed E-state index contributed by atoms with van der Waals surface area (Å²) in [6.45, 7) is 6.93. The summed E-state index contributed by atoms with van der Waals surface area (Å²) in [5.74, 6) is 0.0304. The number of benzene rings is 1. The van der Waals surface area contributed by atoms with E-state index in [1.54, 1.807) is 30.5 Å². The summed E-state index contributed by atoms with van der Waals surface area (Å²) < 4.78 is 0. The molecular formula is C23H26N4O2. The second kappa shape index (κ2) is 8.44. The van der Waals surface area contributed by atoms with Gasteiger partial charge in [0.15, 0.2) is 0 Å². The van der Waals surface area contributed by atoms with E-state index in [2.05, 4.69) is 16.4 Å². The number of carbonyl (C=O) groups excluding carboxylic acids is 2. The first-order chi connectivity index (χ1) is 13.8. The molecular weight excluding hydrogens is 364 g/mol. The molecule has 1 aliphatic heterocycles. The van der Waals surface area contributed by atoms with E-state index < -0.39 is 5.41 Å². The minimum Gasteiger partial charge on any atom is -0.353 e. The molecule has 0 atom stereocenters. The molecule has 1 aromatic carbocycles. The number of likely N-dealkylation sites (tertiary alicyclic amines) is 1. The third-order valence-corrected chi connectivity index (χ3v) is 5.13. The number of nitrogens with one attached hydrogen (secondary N) is 1. The number of rotatable bonds is 3. The first-order valence-corrected chi connectivity index (χ1v) is 9.85. The van der Waals surface area contributed by atoms with Crippen LogP contribution in [0.1, 0.15) is 49.5 Å². The van der Waals surface area contributed by atoms with Gasteiger partial charge in [0, 0.05) is 41.9 Å². The Labute approximate surface area is 171 Å². The highest BCUT2D eigenvalue weighted by atomic mass is 16.2. The van der Waals surface area contributed by atoms with Gasteiger partial charge in [-0.2, -0.15) is 5.26 Å². The predicted molar refractivity (Wildman–Crippen MR) is 111 cm³/mol. The zero-order chi connectivity index (χ0) is 21.0. The van der Waals surface area contributed by atoms with Crippen molar-refractivity contribution < 1.29 is 9.59 Å². The summed E-state index contributed by atoms with van der Waals surface area (Å²) in [7, 11) is 0. The molecule has 0 spiro atoms. The number of piperidine rings is 1. The van der Waals surface area contributed by atoms with Crippen molar-refractivity contribution in [2.24, 2.45) is 5.41 Å². The van der Waals surface area contributed by atoms with Crippen molar-refractivity contribution in [1.29, 1.82) is 5.26 Å². The van der Waals surface area contributed by atoms with Crippen molar-refractivity contribution in [2.75, 3.05) is 13.1 Å². The van der Waals surface area contributed by atoms with Gasteiger partial charge in [-0.1, -0.05) is 32.9 Å². The lowest BCUT2D eigenvalue weighted by molar-refractivity contribution is -0.129. The first kappa shape index (κ1) is 20.5. The van der Waals surface area contributed by atoms with E-state index in [1.807, 2.05) is 37.8 Å². The number of amides is 2. The van der Waals surface area contributed by atoms with Gasteiger partial charge in [-0.25, -0.2) is 0 Å². The summed E-state index contributed by atoms with van der Waals surface area (Å²) in [6.07, 6.45) is 3.16. The Hall–Kier alpha value is -3.20. The maximum atomic E-state index is 12.8. The average Bonchev–Trinajstić information content (AvgIpc) is 2.73. The van der Waals surface area contributed by atoms with Crippen molar-refractivity contribution in [2.45, 2.75) is 39.7 Å². The summed E-state index contributed by atoms with van der Waals surface area (Å²) in [6, 6.07) is 12.9. The molecule has 2 aromatic rings. The lowest BCUT2D eigenvalue weighted by Crippen LogP contribution is -2.49. The zero-order valence-electron chi connectivity index (χ0n) is 17.1. The Morgan fingerprint density at radius 1 is 1.14 bits per heavy atom. The second-order valence-electron chi connectivity index (χ2n) is 8.38. The van der Waals surface area contributed by atoms with Crippen LogP contribution in [0.4, 0.5) is 0 Å². The van der Waals surface area contributed by atoms with Crippen LogP contribution in [0.3, 0.4) is 0 Å². The molecule has 2 heterocycles. The molecule has 1 fully saturated rings. The van der Waals surface area contributed by atoms with Crippen LogP contribution in [0.25, 0.3) is 11.3 Å². The monoisotopic (exact) mass is 390 g/mol. The van der Waals surface area contributed by atoms with Crippen molar-refractivity contribution >= 4 is 11.8 Å².